The number of benzene rings is 8. The number of rotatable bonds is 6. The van der Waals surface area contributed by atoms with Gasteiger partial charge >= 0.3 is 0 Å². The molecule has 6 heteroatoms. The fourth-order valence-electron chi connectivity index (χ4n) is 10.9. The van der Waals surface area contributed by atoms with Crippen molar-refractivity contribution in [2.75, 3.05) is 4.90 Å². The van der Waals surface area contributed by atoms with Crippen molar-refractivity contribution in [1.29, 1.82) is 0 Å². The van der Waals surface area contributed by atoms with Crippen LogP contribution in [0.5, 0.6) is 11.5 Å². The summed E-state index contributed by atoms with van der Waals surface area (Å²) in [5.41, 5.74) is 12.5. The Morgan fingerprint density at radius 1 is 0.533 bits per heavy atom. The molecule has 0 unspecified atom stereocenters. The van der Waals surface area contributed by atoms with Crippen molar-refractivity contribution in [2.24, 2.45) is 0 Å². The molecule has 0 spiro atoms. The van der Waals surface area contributed by atoms with E-state index in [1.54, 1.807) is 0 Å². The van der Waals surface area contributed by atoms with E-state index in [1.165, 1.54) is 32.8 Å². The third-order valence-corrected chi connectivity index (χ3v) is 15.0. The topological polar surface area (TPSA) is 35.2 Å². The molecule has 1 aliphatic rings. The number of fused-ring (bicyclic) bond motifs is 10. The fraction of sp³-hybridized carbons (Fsp3) is 0.217. The number of pyridine rings is 1. The first-order valence-corrected chi connectivity index (χ1v) is 25.9. The molecule has 8 aromatic carbocycles. The van der Waals surface area contributed by atoms with E-state index in [1.807, 2.05) is 38.2 Å². The van der Waals surface area contributed by atoms with Crippen LogP contribution in [0.2, 0.25) is 0 Å². The molecule has 3 aromatic heterocycles. The normalized spacial score (nSPS) is 13.2. The minimum absolute atomic E-state index is 0. The van der Waals surface area contributed by atoms with E-state index >= 15 is 0 Å². The van der Waals surface area contributed by atoms with Crippen LogP contribution < -0.4 is 9.64 Å². The van der Waals surface area contributed by atoms with Crippen molar-refractivity contribution in [3.05, 3.63) is 211 Å². The van der Waals surface area contributed by atoms with Crippen LogP contribution in [0.25, 0.3) is 82.1 Å². The molecule has 378 valence electrons. The van der Waals surface area contributed by atoms with Crippen molar-refractivity contribution in [3.63, 3.8) is 0 Å². The number of hydrogen-bond acceptors (Lipinski definition) is 3. The summed E-state index contributed by atoms with van der Waals surface area (Å²) < 4.78 is 20.8. The largest absolute Gasteiger partial charge is 0.509 e. The van der Waals surface area contributed by atoms with E-state index in [-0.39, 0.29) is 37.3 Å². The van der Waals surface area contributed by atoms with Crippen LogP contribution in [-0.4, -0.2) is 14.1 Å². The molecule has 4 heterocycles. The second kappa shape index (κ2) is 18.5. The average Bonchev–Trinajstić information content (AvgIpc) is 4.00. The Morgan fingerprint density at radius 3 is 1.88 bits per heavy atom. The fourth-order valence-corrected chi connectivity index (χ4v) is 10.9. The molecule has 0 radical (unpaired) electrons. The summed E-state index contributed by atoms with van der Waals surface area (Å²) in [6, 6.07) is 66.6. The third kappa shape index (κ3) is 8.73. The maximum absolute atomic E-state index is 9.34. The van der Waals surface area contributed by atoms with Crippen molar-refractivity contribution in [1.82, 2.24) is 14.1 Å². The van der Waals surface area contributed by atoms with Crippen LogP contribution in [0.4, 0.5) is 11.4 Å². The Morgan fingerprint density at radius 2 is 1.15 bits per heavy atom. The summed E-state index contributed by atoms with van der Waals surface area (Å²) in [6.45, 7) is 26.6. The zero-order valence-electron chi connectivity index (χ0n) is 45.8. The summed E-state index contributed by atoms with van der Waals surface area (Å²) in [7, 11) is 0. The van der Waals surface area contributed by atoms with Crippen LogP contribution in [0.15, 0.2) is 170 Å². The zero-order chi connectivity index (χ0) is 52.3. The summed E-state index contributed by atoms with van der Waals surface area (Å²) in [5.74, 6) is 1.18. The van der Waals surface area contributed by atoms with Crippen LogP contribution in [-0.2, 0) is 37.3 Å². The first-order valence-electron chi connectivity index (χ1n) is 26.4. The molecule has 0 amide bonds. The van der Waals surface area contributed by atoms with Gasteiger partial charge in [0.2, 0.25) is 0 Å². The van der Waals surface area contributed by atoms with Crippen LogP contribution in [0.1, 0.15) is 106 Å². The molecule has 0 aliphatic carbocycles. The van der Waals surface area contributed by atoms with Crippen molar-refractivity contribution < 1.29 is 27.2 Å². The Balaban J connectivity index is 0.00000616. The number of nitrogens with zero attached hydrogens (tertiary/aromatic N) is 4. The summed E-state index contributed by atoms with van der Waals surface area (Å²) in [6.07, 6.45) is 1.90. The van der Waals surface area contributed by atoms with Gasteiger partial charge in [0.05, 0.1) is 0 Å². The van der Waals surface area contributed by atoms with Gasteiger partial charge in [0.25, 0.3) is 0 Å². The van der Waals surface area contributed by atoms with E-state index < -0.39 is 5.89 Å². The van der Waals surface area contributed by atoms with Gasteiger partial charge in [0.1, 0.15) is 5.82 Å². The van der Waals surface area contributed by atoms with E-state index in [9.17, 15) is 1.37 Å². The molecule has 0 saturated heterocycles. The van der Waals surface area contributed by atoms with E-state index in [4.69, 9.17) is 9.72 Å². The molecule has 0 atom stereocenters. The summed E-state index contributed by atoms with van der Waals surface area (Å²) >= 11 is 0. The van der Waals surface area contributed by atoms with Crippen LogP contribution >= 0.6 is 0 Å². The molecule has 0 saturated carbocycles. The van der Waals surface area contributed by atoms with Gasteiger partial charge in [-0.2, -0.15) is 12.1 Å². The first-order chi connectivity index (χ1) is 35.7. The minimum atomic E-state index is -0.816. The molecule has 11 aromatic rings. The van der Waals surface area contributed by atoms with Crippen LogP contribution in [0, 0.1) is 18.8 Å². The molecule has 75 heavy (non-hydrogen) atoms. The van der Waals surface area contributed by atoms with Gasteiger partial charge in [-0.3, -0.25) is 0 Å². The number of anilines is 2. The van der Waals surface area contributed by atoms with Gasteiger partial charge < -0.3 is 18.8 Å². The molecule has 12 rings (SSSR count). The van der Waals surface area contributed by atoms with Gasteiger partial charge in [-0.1, -0.05) is 197 Å². The Hall–Kier alpha value is -7.33. The predicted octanol–water partition coefficient (Wildman–Crippen LogP) is 18.9. The molecule has 0 N–H and O–H groups in total. The standard InChI is InChI=1S/C69H63N4O.Pt/c1-43(2)44-35-45(37-48(36-44)69(9,10)11)52-24-17-25-59-60-38-46(67(3,4)5)29-31-55(60)53-21-12-13-22-54(53)58-26-18-28-62-66(58)72(65(52)59)42-71(62)49-19-16-20-50(40-49)74-51-30-32-57-56-23-14-15-27-61(56)73(63(57)41-51)64-39-47(33-34-70-64)68(6,7)8;/h12-39,42-43H,1-11H3;/q-3;/i43D;. The van der Waals surface area contributed by atoms with E-state index in [2.05, 4.69) is 241 Å². The number of aromatic nitrogens is 3. The van der Waals surface area contributed by atoms with Gasteiger partial charge in [0.15, 0.2) is 0 Å². The molecule has 5 nitrogen and oxygen atoms in total. The average molecular weight is 1160 g/mol. The van der Waals surface area contributed by atoms with Gasteiger partial charge in [-0.05, 0) is 135 Å². The predicted molar refractivity (Wildman–Crippen MR) is 312 cm³/mol. The third-order valence-electron chi connectivity index (χ3n) is 15.0. The summed E-state index contributed by atoms with van der Waals surface area (Å²) in [4.78, 5) is 7.16. The Labute approximate surface area is 457 Å². The van der Waals surface area contributed by atoms with Crippen molar-refractivity contribution >= 4 is 76.5 Å². The summed E-state index contributed by atoms with van der Waals surface area (Å²) in [5, 5.41) is 9.16. The quantitative estimate of drug-likeness (QED) is 0.156. The number of ether oxygens (including phenoxy) is 1. The molecular weight excluding hydrogens is 1100 g/mol. The van der Waals surface area contributed by atoms with E-state index in [0.29, 0.717) is 11.5 Å². The Bertz CT molecular complexity index is 4160. The van der Waals surface area contributed by atoms with Gasteiger partial charge in [-0.25, -0.2) is 4.98 Å². The monoisotopic (exact) mass is 1160 g/mol. The molecular formula is C69H63N4OPt-3. The van der Waals surface area contributed by atoms with Crippen molar-refractivity contribution in [3.8, 4) is 28.4 Å². The maximum Gasteiger partial charge on any atom is 0.135 e. The first kappa shape index (κ1) is 48.6. The smallest absolute Gasteiger partial charge is 0.135 e. The molecule has 1 aliphatic heterocycles. The number of para-hydroxylation sites is 3. The zero-order valence-corrected chi connectivity index (χ0v) is 47.0. The molecule has 0 fully saturated rings. The number of hydrogen-bond donors (Lipinski definition) is 0. The maximum atomic E-state index is 9.34. The minimum Gasteiger partial charge on any atom is -0.509 e. The van der Waals surface area contributed by atoms with Gasteiger partial charge in [0, 0.05) is 51.3 Å². The SMILES string of the molecule is [2H]C(C)(C)c1cc(-c2cccc3c4cc(C(C)(C)C)ccc4c4ccccc4c4cccc5c4n(c23)[CH-]N5c2[c-]c(Oc3[c-]c4c(cc3)c3ccccc3n4-c3cc(C(C)(C)C)ccn3)ccc2)cc(C(C)(C)C)c1.[Pt]. The molecule has 0 bridgehead atoms. The van der Waals surface area contributed by atoms with Gasteiger partial charge in [-0.15, -0.1) is 35.7 Å². The van der Waals surface area contributed by atoms with Crippen molar-refractivity contribution in [2.45, 2.75) is 98.3 Å². The van der Waals surface area contributed by atoms with Crippen LogP contribution in [0.3, 0.4) is 0 Å². The second-order valence-corrected chi connectivity index (χ2v) is 23.4. The second-order valence-electron chi connectivity index (χ2n) is 23.4. The Kier molecular flexibility index (Phi) is 12.0. The van der Waals surface area contributed by atoms with E-state index in [0.717, 1.165) is 82.9 Å².